The molecular formula is C22H34N4O7. The molecule has 11 nitrogen and oxygen atoms in total. The Labute approximate surface area is 193 Å². The van der Waals surface area contributed by atoms with Gasteiger partial charge in [-0.25, -0.2) is 4.79 Å². The van der Waals surface area contributed by atoms with E-state index in [1.165, 1.54) is 26.0 Å². The van der Waals surface area contributed by atoms with Gasteiger partial charge in [0.05, 0.1) is 24.2 Å². The van der Waals surface area contributed by atoms with E-state index in [9.17, 15) is 29.4 Å². The van der Waals surface area contributed by atoms with E-state index in [0.29, 0.717) is 5.56 Å². The van der Waals surface area contributed by atoms with Crippen LogP contribution in [0.2, 0.25) is 0 Å². The second kappa shape index (κ2) is 12.0. The van der Waals surface area contributed by atoms with Gasteiger partial charge in [0.15, 0.2) is 0 Å². The lowest BCUT2D eigenvalue weighted by molar-refractivity contribution is -0.141. The van der Waals surface area contributed by atoms with Crippen LogP contribution >= 0.6 is 0 Å². The highest BCUT2D eigenvalue weighted by atomic mass is 16.6. The number of hydrogen-bond donors (Lipinski definition) is 6. The average Bonchev–Trinajstić information content (AvgIpc) is 2.66. The Bertz CT molecular complexity index is 865. The molecule has 0 aromatic heterocycles. The topological polar surface area (TPSA) is 180 Å². The summed E-state index contributed by atoms with van der Waals surface area (Å²) in [7, 11) is 0. The van der Waals surface area contributed by atoms with Crippen LogP contribution < -0.4 is 21.7 Å². The molecule has 0 saturated heterocycles. The predicted octanol–water partition coefficient (Wildman–Crippen LogP) is 1.34. The summed E-state index contributed by atoms with van der Waals surface area (Å²) < 4.78 is 5.27. The van der Waals surface area contributed by atoms with Crippen LogP contribution in [-0.2, 0) is 25.5 Å². The number of hydrogen-bond acceptors (Lipinski definition) is 7. The largest absolute Gasteiger partial charge is 0.506 e. The normalized spacial score (nSPS) is 13.9. The molecule has 0 heterocycles. The molecule has 1 rings (SSSR count). The molecule has 0 bridgehead atoms. The lowest BCUT2D eigenvalue weighted by Gasteiger charge is -2.25. The molecule has 0 saturated carbocycles. The maximum Gasteiger partial charge on any atom is 0.407 e. The van der Waals surface area contributed by atoms with Gasteiger partial charge in [-0.15, -0.1) is 0 Å². The van der Waals surface area contributed by atoms with Crippen LogP contribution in [0, 0.1) is 5.92 Å². The lowest BCUT2D eigenvalue weighted by Crippen LogP contribution is -2.42. The first kappa shape index (κ1) is 27.7. The summed E-state index contributed by atoms with van der Waals surface area (Å²) in [5.41, 5.74) is 5.44. The number of aromatic hydroxyl groups is 1. The van der Waals surface area contributed by atoms with Crippen molar-refractivity contribution in [3.05, 3.63) is 23.8 Å². The molecule has 3 atom stereocenters. The van der Waals surface area contributed by atoms with Gasteiger partial charge in [-0.05, 0) is 58.2 Å². The van der Waals surface area contributed by atoms with Crippen LogP contribution in [0.5, 0.6) is 5.75 Å². The third kappa shape index (κ3) is 10.7. The highest BCUT2D eigenvalue weighted by Gasteiger charge is 2.24. The van der Waals surface area contributed by atoms with Gasteiger partial charge in [0.2, 0.25) is 11.8 Å². The van der Waals surface area contributed by atoms with Gasteiger partial charge in [0.1, 0.15) is 11.4 Å². The minimum absolute atomic E-state index is 0.106. The summed E-state index contributed by atoms with van der Waals surface area (Å²) in [5, 5.41) is 26.9. The fourth-order valence-corrected chi connectivity index (χ4v) is 2.81. The standard InChI is InChI=1S/C22H34N4O7/c1-12(20(30)31)8-15(25-21(32)33-22(3,4)5)9-14-6-7-17(27)16(10-14)26-18(28)11-24-19(29)13(2)23/h6-7,10,12-13,15,27H,8-9,11,23H2,1-5H3,(H,24,29)(H,25,32)(H,26,28)(H,30,31)/t12?,13?,15-/m1/s1. The number of anilines is 1. The van der Waals surface area contributed by atoms with Crippen molar-refractivity contribution in [1.82, 2.24) is 10.6 Å². The van der Waals surface area contributed by atoms with Crippen LogP contribution in [0.15, 0.2) is 18.2 Å². The van der Waals surface area contributed by atoms with Gasteiger partial charge in [-0.2, -0.15) is 0 Å². The van der Waals surface area contributed by atoms with Gasteiger partial charge in [0.25, 0.3) is 0 Å². The van der Waals surface area contributed by atoms with Gasteiger partial charge >= 0.3 is 12.1 Å². The molecule has 0 aliphatic heterocycles. The number of carboxylic acid groups (broad SMARTS) is 1. The first-order valence-electron chi connectivity index (χ1n) is 10.5. The number of benzene rings is 1. The lowest BCUT2D eigenvalue weighted by atomic mass is 9.96. The molecular weight excluding hydrogens is 432 g/mol. The predicted molar refractivity (Wildman–Crippen MR) is 122 cm³/mol. The first-order chi connectivity index (χ1) is 15.2. The minimum Gasteiger partial charge on any atom is -0.506 e. The summed E-state index contributed by atoms with van der Waals surface area (Å²) >= 11 is 0. The Hall–Kier alpha value is -3.34. The number of amides is 3. The fraction of sp³-hybridized carbons (Fsp3) is 0.545. The minimum atomic E-state index is -1.00. The Morgan fingerprint density at radius 1 is 1.15 bits per heavy atom. The molecule has 0 radical (unpaired) electrons. The average molecular weight is 467 g/mol. The summed E-state index contributed by atoms with van der Waals surface area (Å²) in [5.74, 6) is -2.99. The zero-order valence-corrected chi connectivity index (χ0v) is 19.6. The first-order valence-corrected chi connectivity index (χ1v) is 10.5. The maximum atomic E-state index is 12.2. The van der Waals surface area contributed by atoms with E-state index in [4.69, 9.17) is 10.5 Å². The summed E-state index contributed by atoms with van der Waals surface area (Å²) in [6, 6.07) is 3.13. The molecule has 2 unspecified atom stereocenters. The van der Waals surface area contributed by atoms with Crippen molar-refractivity contribution in [2.45, 2.75) is 65.1 Å². The number of ether oxygens (including phenoxy) is 1. The van der Waals surface area contributed by atoms with Crippen molar-refractivity contribution in [1.29, 1.82) is 0 Å². The van der Waals surface area contributed by atoms with Crippen LogP contribution in [0.4, 0.5) is 10.5 Å². The number of carboxylic acids is 1. The number of aliphatic carboxylic acids is 1. The van der Waals surface area contributed by atoms with Crippen molar-refractivity contribution < 1.29 is 34.1 Å². The molecule has 33 heavy (non-hydrogen) atoms. The molecule has 3 amide bonds. The van der Waals surface area contributed by atoms with E-state index in [1.54, 1.807) is 26.8 Å². The van der Waals surface area contributed by atoms with Crippen LogP contribution in [-0.4, -0.2) is 58.3 Å². The van der Waals surface area contributed by atoms with Gasteiger partial charge in [0, 0.05) is 6.04 Å². The molecule has 0 aliphatic rings. The Morgan fingerprint density at radius 3 is 2.33 bits per heavy atom. The van der Waals surface area contributed by atoms with Gasteiger partial charge < -0.3 is 36.6 Å². The number of nitrogens with two attached hydrogens (primary N) is 1. The van der Waals surface area contributed by atoms with E-state index in [1.807, 2.05) is 0 Å². The summed E-state index contributed by atoms with van der Waals surface area (Å²) in [6.07, 6.45) is -0.315. The van der Waals surface area contributed by atoms with Gasteiger partial charge in [-0.3, -0.25) is 14.4 Å². The van der Waals surface area contributed by atoms with Crippen molar-refractivity contribution in [3.8, 4) is 5.75 Å². The van der Waals surface area contributed by atoms with Crippen molar-refractivity contribution in [3.63, 3.8) is 0 Å². The van der Waals surface area contributed by atoms with Crippen LogP contribution in [0.25, 0.3) is 0 Å². The van der Waals surface area contributed by atoms with Crippen LogP contribution in [0.3, 0.4) is 0 Å². The molecule has 11 heteroatoms. The fourth-order valence-electron chi connectivity index (χ4n) is 2.81. The number of carbonyl (C=O) groups is 4. The number of phenols is 1. The SMILES string of the molecule is CC(N)C(=O)NCC(=O)Nc1cc(C[C@@H](CC(C)C(=O)O)NC(=O)OC(C)(C)C)ccc1O. The maximum absolute atomic E-state index is 12.2. The Kier molecular flexibility index (Phi) is 10.1. The quantitative estimate of drug-likeness (QED) is 0.279. The number of phenolic OH excluding ortho intramolecular Hbond substituents is 1. The summed E-state index contributed by atoms with van der Waals surface area (Å²) in [6.45, 7) is 7.83. The number of nitrogens with one attached hydrogen (secondary N) is 3. The van der Waals surface area contributed by atoms with E-state index in [2.05, 4.69) is 16.0 Å². The number of carbonyl (C=O) groups excluding carboxylic acids is 3. The molecule has 1 aromatic carbocycles. The summed E-state index contributed by atoms with van der Waals surface area (Å²) in [4.78, 5) is 47.2. The zero-order valence-electron chi connectivity index (χ0n) is 19.6. The van der Waals surface area contributed by atoms with E-state index in [0.717, 1.165) is 0 Å². The Morgan fingerprint density at radius 2 is 1.79 bits per heavy atom. The molecule has 0 fully saturated rings. The highest BCUT2D eigenvalue weighted by molar-refractivity contribution is 5.96. The number of alkyl carbamates (subject to hydrolysis) is 1. The van der Waals surface area contributed by atoms with Crippen molar-refractivity contribution >= 4 is 29.6 Å². The smallest absolute Gasteiger partial charge is 0.407 e. The molecule has 184 valence electrons. The van der Waals surface area contributed by atoms with Gasteiger partial charge in [-0.1, -0.05) is 13.0 Å². The second-order valence-corrected chi connectivity index (χ2v) is 8.93. The second-order valence-electron chi connectivity index (χ2n) is 8.93. The number of rotatable bonds is 10. The molecule has 0 spiro atoms. The highest BCUT2D eigenvalue weighted by Crippen LogP contribution is 2.25. The third-order valence-corrected chi connectivity index (χ3v) is 4.43. The van der Waals surface area contributed by atoms with E-state index < -0.39 is 47.5 Å². The van der Waals surface area contributed by atoms with Crippen molar-refractivity contribution in [2.24, 2.45) is 11.7 Å². The zero-order chi connectivity index (χ0) is 25.3. The Balaban J connectivity index is 2.94. The molecule has 0 aliphatic carbocycles. The van der Waals surface area contributed by atoms with E-state index >= 15 is 0 Å². The van der Waals surface area contributed by atoms with Crippen LogP contribution in [0.1, 0.15) is 46.6 Å². The molecule has 1 aromatic rings. The third-order valence-electron chi connectivity index (χ3n) is 4.43. The molecule has 7 N–H and O–H groups in total. The monoisotopic (exact) mass is 466 g/mol. The van der Waals surface area contributed by atoms with Crippen molar-refractivity contribution in [2.75, 3.05) is 11.9 Å². The van der Waals surface area contributed by atoms with E-state index in [-0.39, 0.29) is 30.8 Å².